The first-order valence-electron chi connectivity index (χ1n) is 9.59. The van der Waals surface area contributed by atoms with Gasteiger partial charge in [0.15, 0.2) is 5.82 Å². The SMILES string of the molecule is Cc1cc(-n2ccc(NC(=O)OCc3ccccc3)n2)ccc1C(=O)OC(C)(C)C. The monoisotopic (exact) mass is 407 g/mol. The summed E-state index contributed by atoms with van der Waals surface area (Å²) in [7, 11) is 0. The molecule has 7 heteroatoms. The van der Waals surface area contributed by atoms with Crippen molar-refractivity contribution in [2.45, 2.75) is 39.9 Å². The molecule has 0 saturated carbocycles. The minimum absolute atomic E-state index is 0.179. The van der Waals surface area contributed by atoms with E-state index in [9.17, 15) is 9.59 Å². The van der Waals surface area contributed by atoms with Gasteiger partial charge in [0.1, 0.15) is 12.2 Å². The van der Waals surface area contributed by atoms with E-state index in [1.54, 1.807) is 29.1 Å². The Morgan fingerprint density at radius 2 is 1.80 bits per heavy atom. The molecule has 0 aliphatic rings. The molecule has 0 aliphatic heterocycles. The third-order valence-corrected chi connectivity index (χ3v) is 4.13. The Morgan fingerprint density at radius 3 is 2.47 bits per heavy atom. The van der Waals surface area contributed by atoms with Crippen LogP contribution in [0.1, 0.15) is 42.3 Å². The Hall–Kier alpha value is -3.61. The summed E-state index contributed by atoms with van der Waals surface area (Å²) in [6, 6.07) is 16.4. The van der Waals surface area contributed by atoms with Gasteiger partial charge < -0.3 is 9.47 Å². The summed E-state index contributed by atoms with van der Waals surface area (Å²) in [4.78, 5) is 24.3. The lowest BCUT2D eigenvalue weighted by molar-refractivity contribution is 0.00687. The van der Waals surface area contributed by atoms with Crippen molar-refractivity contribution in [1.82, 2.24) is 9.78 Å². The molecular formula is C23H25N3O4. The Balaban J connectivity index is 1.63. The van der Waals surface area contributed by atoms with Gasteiger partial charge in [-0.15, -0.1) is 5.10 Å². The number of hydrogen-bond acceptors (Lipinski definition) is 5. The van der Waals surface area contributed by atoms with E-state index < -0.39 is 11.7 Å². The lowest BCUT2D eigenvalue weighted by atomic mass is 10.1. The zero-order chi connectivity index (χ0) is 21.7. The Bertz CT molecular complexity index is 1040. The summed E-state index contributed by atoms with van der Waals surface area (Å²) in [6.07, 6.45) is 1.13. The summed E-state index contributed by atoms with van der Waals surface area (Å²) >= 11 is 0. The van der Waals surface area contributed by atoms with Crippen molar-refractivity contribution in [2.24, 2.45) is 0 Å². The molecule has 1 heterocycles. The van der Waals surface area contributed by atoms with Gasteiger partial charge in [-0.2, -0.15) is 0 Å². The van der Waals surface area contributed by atoms with Crippen LogP contribution in [0.5, 0.6) is 0 Å². The van der Waals surface area contributed by atoms with Crippen LogP contribution >= 0.6 is 0 Å². The number of aryl methyl sites for hydroxylation is 1. The van der Waals surface area contributed by atoms with E-state index in [0.717, 1.165) is 16.8 Å². The van der Waals surface area contributed by atoms with Crippen molar-refractivity contribution < 1.29 is 19.1 Å². The molecule has 3 rings (SSSR count). The standard InChI is InChI=1S/C23H25N3O4/c1-16-14-18(10-11-19(16)21(27)30-23(2,3)4)26-13-12-20(25-26)24-22(28)29-15-17-8-6-5-7-9-17/h5-14H,15H2,1-4H3,(H,24,25,28). The van der Waals surface area contributed by atoms with Crippen LogP contribution in [-0.4, -0.2) is 27.4 Å². The third-order valence-electron chi connectivity index (χ3n) is 4.13. The van der Waals surface area contributed by atoms with Crippen molar-refractivity contribution >= 4 is 17.9 Å². The molecule has 0 atom stereocenters. The molecule has 7 nitrogen and oxygen atoms in total. The maximum Gasteiger partial charge on any atom is 0.413 e. The molecule has 0 spiro atoms. The molecule has 0 unspecified atom stereocenters. The molecular weight excluding hydrogens is 382 g/mol. The van der Waals surface area contributed by atoms with E-state index in [1.165, 1.54) is 0 Å². The quantitative estimate of drug-likeness (QED) is 0.609. The molecule has 30 heavy (non-hydrogen) atoms. The first kappa shape index (κ1) is 21.1. The highest BCUT2D eigenvalue weighted by atomic mass is 16.6. The van der Waals surface area contributed by atoms with E-state index in [1.807, 2.05) is 64.1 Å². The fourth-order valence-corrected chi connectivity index (χ4v) is 2.75. The topological polar surface area (TPSA) is 82.5 Å². The molecule has 2 aromatic carbocycles. The number of aromatic nitrogens is 2. The van der Waals surface area contributed by atoms with Gasteiger partial charge in [0.2, 0.25) is 0 Å². The van der Waals surface area contributed by atoms with Crippen molar-refractivity contribution in [1.29, 1.82) is 0 Å². The Labute approximate surface area is 175 Å². The number of nitrogens with one attached hydrogen (secondary N) is 1. The van der Waals surface area contributed by atoms with Gasteiger partial charge in [-0.3, -0.25) is 5.32 Å². The van der Waals surface area contributed by atoms with Crippen LogP contribution < -0.4 is 5.32 Å². The molecule has 1 N–H and O–H groups in total. The van der Waals surface area contributed by atoms with Gasteiger partial charge in [-0.1, -0.05) is 30.3 Å². The fraction of sp³-hybridized carbons (Fsp3) is 0.261. The molecule has 1 amide bonds. The predicted octanol–water partition coefficient (Wildman–Crippen LogP) is 4.88. The minimum Gasteiger partial charge on any atom is -0.456 e. The second-order valence-corrected chi connectivity index (χ2v) is 7.83. The van der Waals surface area contributed by atoms with Crippen LogP contribution in [0.4, 0.5) is 10.6 Å². The van der Waals surface area contributed by atoms with Crippen LogP contribution in [0.2, 0.25) is 0 Å². The van der Waals surface area contributed by atoms with Gasteiger partial charge in [0, 0.05) is 12.3 Å². The molecule has 0 fully saturated rings. The Morgan fingerprint density at radius 1 is 1.07 bits per heavy atom. The van der Waals surface area contributed by atoms with Gasteiger partial charge in [0.05, 0.1) is 11.3 Å². The van der Waals surface area contributed by atoms with Crippen molar-refractivity contribution in [2.75, 3.05) is 5.32 Å². The molecule has 0 radical (unpaired) electrons. The van der Waals surface area contributed by atoms with Gasteiger partial charge in [-0.25, -0.2) is 14.3 Å². The molecule has 0 saturated heterocycles. The normalized spacial score (nSPS) is 11.1. The second-order valence-electron chi connectivity index (χ2n) is 7.83. The Kier molecular flexibility index (Phi) is 6.20. The lowest BCUT2D eigenvalue weighted by Crippen LogP contribution is -2.24. The molecule has 0 bridgehead atoms. The summed E-state index contributed by atoms with van der Waals surface area (Å²) in [5.74, 6) is -0.00235. The van der Waals surface area contributed by atoms with Crippen molar-refractivity contribution in [3.05, 3.63) is 77.5 Å². The number of benzene rings is 2. The van der Waals surface area contributed by atoms with Gasteiger partial charge in [-0.05, 0) is 57.0 Å². The fourth-order valence-electron chi connectivity index (χ4n) is 2.75. The van der Waals surface area contributed by atoms with E-state index in [-0.39, 0.29) is 12.6 Å². The average Bonchev–Trinajstić information content (AvgIpc) is 3.14. The van der Waals surface area contributed by atoms with Crippen LogP contribution in [0.25, 0.3) is 5.69 Å². The maximum absolute atomic E-state index is 12.3. The van der Waals surface area contributed by atoms with Crippen molar-refractivity contribution in [3.8, 4) is 5.69 Å². The third kappa shape index (κ3) is 5.70. The van der Waals surface area contributed by atoms with Crippen LogP contribution in [0.15, 0.2) is 60.8 Å². The number of esters is 1. The number of rotatable bonds is 5. The van der Waals surface area contributed by atoms with E-state index in [2.05, 4.69) is 10.4 Å². The molecule has 156 valence electrons. The highest BCUT2D eigenvalue weighted by molar-refractivity contribution is 5.91. The summed E-state index contributed by atoms with van der Waals surface area (Å²) in [6.45, 7) is 7.51. The number of carbonyl (C=O) groups is 2. The summed E-state index contributed by atoms with van der Waals surface area (Å²) < 4.78 is 12.2. The van der Waals surface area contributed by atoms with E-state index in [4.69, 9.17) is 9.47 Å². The zero-order valence-corrected chi connectivity index (χ0v) is 17.5. The number of carbonyl (C=O) groups excluding carboxylic acids is 2. The molecule has 3 aromatic rings. The molecule has 0 aliphatic carbocycles. The minimum atomic E-state index is -0.583. The van der Waals surface area contributed by atoms with Crippen LogP contribution in [0, 0.1) is 6.92 Å². The van der Waals surface area contributed by atoms with Gasteiger partial charge in [0.25, 0.3) is 0 Å². The van der Waals surface area contributed by atoms with Crippen LogP contribution in [0.3, 0.4) is 0 Å². The number of amides is 1. The number of anilines is 1. The maximum atomic E-state index is 12.3. The highest BCUT2D eigenvalue weighted by Crippen LogP contribution is 2.19. The van der Waals surface area contributed by atoms with Crippen molar-refractivity contribution in [3.63, 3.8) is 0 Å². The van der Waals surface area contributed by atoms with Crippen LogP contribution in [-0.2, 0) is 16.1 Å². The number of nitrogens with zero attached hydrogens (tertiary/aromatic N) is 2. The first-order chi connectivity index (χ1) is 14.2. The zero-order valence-electron chi connectivity index (χ0n) is 17.5. The number of ether oxygens (including phenoxy) is 2. The van der Waals surface area contributed by atoms with Gasteiger partial charge >= 0.3 is 12.1 Å². The van der Waals surface area contributed by atoms with E-state index >= 15 is 0 Å². The number of hydrogen-bond donors (Lipinski definition) is 1. The predicted molar refractivity (Wildman–Crippen MR) is 114 cm³/mol. The smallest absolute Gasteiger partial charge is 0.413 e. The lowest BCUT2D eigenvalue weighted by Gasteiger charge is -2.20. The molecule has 1 aromatic heterocycles. The summed E-state index contributed by atoms with van der Waals surface area (Å²) in [5, 5.41) is 6.94. The average molecular weight is 407 g/mol. The first-order valence-corrected chi connectivity index (χ1v) is 9.59. The largest absolute Gasteiger partial charge is 0.456 e. The highest BCUT2D eigenvalue weighted by Gasteiger charge is 2.19. The second kappa shape index (κ2) is 8.82. The van der Waals surface area contributed by atoms with E-state index in [0.29, 0.717) is 11.4 Å². The summed E-state index contributed by atoms with van der Waals surface area (Å²) in [5.41, 5.74) is 2.38.